The maximum atomic E-state index is 14.2. The maximum Gasteiger partial charge on any atom is 0.267 e. The summed E-state index contributed by atoms with van der Waals surface area (Å²) < 4.78 is 29.4. The number of carbonyl (C=O) groups is 1. The Bertz CT molecular complexity index is 969. The summed E-state index contributed by atoms with van der Waals surface area (Å²) in [5.74, 6) is -1.44. The minimum absolute atomic E-state index is 0.256. The molecule has 3 heterocycles. The van der Waals surface area contributed by atoms with E-state index in [1.165, 1.54) is 12.3 Å². The predicted octanol–water partition coefficient (Wildman–Crippen LogP) is 3.05. The molecular weight excluding hydrogens is 326 g/mol. The lowest BCUT2D eigenvalue weighted by molar-refractivity contribution is 0.0995. The molecule has 1 aliphatic rings. The van der Waals surface area contributed by atoms with Crippen LogP contribution in [0.15, 0.2) is 42.7 Å². The highest BCUT2D eigenvalue weighted by Crippen LogP contribution is 2.37. The molecule has 2 N–H and O–H groups in total. The molecule has 1 amide bonds. The Morgan fingerprint density at radius 3 is 2.88 bits per heavy atom. The number of primary amides is 1. The summed E-state index contributed by atoms with van der Waals surface area (Å²) in [6.07, 6.45) is 4.78. The van der Waals surface area contributed by atoms with Crippen LogP contribution in [0.3, 0.4) is 0 Å². The average Bonchev–Trinajstić information content (AvgIpc) is 3.22. The van der Waals surface area contributed by atoms with Gasteiger partial charge in [0.2, 0.25) is 0 Å². The van der Waals surface area contributed by atoms with Crippen molar-refractivity contribution in [3.05, 3.63) is 65.6 Å². The molecule has 128 valence electrons. The molecule has 3 aromatic rings. The normalized spacial score (nSPS) is 17.4. The molecule has 0 spiro atoms. The number of amides is 1. The van der Waals surface area contributed by atoms with E-state index >= 15 is 0 Å². The van der Waals surface area contributed by atoms with Crippen LogP contribution in [0.25, 0.3) is 5.65 Å². The third-order valence-electron chi connectivity index (χ3n) is 4.64. The van der Waals surface area contributed by atoms with Gasteiger partial charge >= 0.3 is 0 Å². The number of hydrogen-bond donors (Lipinski definition) is 1. The molecule has 1 fully saturated rings. The molecule has 0 bridgehead atoms. The minimum Gasteiger partial charge on any atom is -0.364 e. The first-order valence-electron chi connectivity index (χ1n) is 8.03. The molecule has 2 aromatic heterocycles. The van der Waals surface area contributed by atoms with Gasteiger partial charge in [-0.3, -0.25) is 9.20 Å². The first-order chi connectivity index (χ1) is 12.0. The van der Waals surface area contributed by atoms with Crippen molar-refractivity contribution >= 4 is 17.2 Å². The second-order valence-electron chi connectivity index (χ2n) is 6.14. The number of pyridine rings is 1. The standard InChI is InChI=1S/C18H16F2N4O/c19-11-3-5-14(20)13(8-11)15-2-1-7-23(15)12-4-6-17-22-9-16(18(21)25)24(17)10-12/h3-6,8-10,15H,1-2,7H2,(H2,21,25)/t15-/m1/s1. The van der Waals surface area contributed by atoms with E-state index in [0.29, 0.717) is 17.8 Å². The zero-order valence-electron chi connectivity index (χ0n) is 13.3. The van der Waals surface area contributed by atoms with Crippen molar-refractivity contribution in [2.24, 2.45) is 5.73 Å². The number of aromatic nitrogens is 2. The van der Waals surface area contributed by atoms with Gasteiger partial charge in [0, 0.05) is 18.3 Å². The maximum absolute atomic E-state index is 14.2. The number of nitrogens with two attached hydrogens (primary N) is 1. The van der Waals surface area contributed by atoms with Crippen molar-refractivity contribution in [1.82, 2.24) is 9.38 Å². The Morgan fingerprint density at radius 2 is 2.08 bits per heavy atom. The fraction of sp³-hybridized carbons (Fsp3) is 0.222. The summed E-state index contributed by atoms with van der Waals surface area (Å²) >= 11 is 0. The number of rotatable bonds is 3. The van der Waals surface area contributed by atoms with E-state index < -0.39 is 17.5 Å². The van der Waals surface area contributed by atoms with Crippen LogP contribution in [-0.4, -0.2) is 21.8 Å². The van der Waals surface area contributed by atoms with Crippen LogP contribution in [0.2, 0.25) is 0 Å². The first kappa shape index (κ1) is 15.6. The van der Waals surface area contributed by atoms with Crippen LogP contribution >= 0.6 is 0 Å². The Labute approximate surface area is 142 Å². The van der Waals surface area contributed by atoms with Gasteiger partial charge in [0.1, 0.15) is 23.0 Å². The highest BCUT2D eigenvalue weighted by atomic mass is 19.1. The van der Waals surface area contributed by atoms with Gasteiger partial charge in [-0.1, -0.05) is 0 Å². The van der Waals surface area contributed by atoms with Crippen molar-refractivity contribution in [2.45, 2.75) is 18.9 Å². The molecule has 0 aliphatic carbocycles. The second-order valence-corrected chi connectivity index (χ2v) is 6.14. The summed E-state index contributed by atoms with van der Waals surface area (Å²) in [6, 6.07) is 6.92. The fourth-order valence-corrected chi connectivity index (χ4v) is 3.49. The summed E-state index contributed by atoms with van der Waals surface area (Å²) in [4.78, 5) is 17.7. The van der Waals surface area contributed by atoms with E-state index in [1.54, 1.807) is 16.7 Å². The second kappa shape index (κ2) is 5.84. The lowest BCUT2D eigenvalue weighted by atomic mass is 10.0. The lowest BCUT2D eigenvalue weighted by Gasteiger charge is -2.27. The van der Waals surface area contributed by atoms with Crippen LogP contribution in [0.1, 0.15) is 34.9 Å². The highest BCUT2D eigenvalue weighted by molar-refractivity contribution is 5.91. The third kappa shape index (κ3) is 2.61. The number of imidazole rings is 1. The van der Waals surface area contributed by atoms with E-state index in [2.05, 4.69) is 4.98 Å². The van der Waals surface area contributed by atoms with Gasteiger partial charge in [0.25, 0.3) is 5.91 Å². The predicted molar refractivity (Wildman–Crippen MR) is 89.4 cm³/mol. The molecule has 1 saturated heterocycles. The molecule has 0 unspecified atom stereocenters. The van der Waals surface area contributed by atoms with E-state index in [4.69, 9.17) is 5.73 Å². The quantitative estimate of drug-likeness (QED) is 0.796. The van der Waals surface area contributed by atoms with Crippen LogP contribution in [0.4, 0.5) is 14.5 Å². The van der Waals surface area contributed by atoms with Crippen molar-refractivity contribution < 1.29 is 13.6 Å². The Morgan fingerprint density at radius 1 is 1.24 bits per heavy atom. The van der Waals surface area contributed by atoms with Gasteiger partial charge in [0.05, 0.1) is 17.9 Å². The molecular formula is C18H16F2N4O. The molecule has 1 atom stereocenters. The van der Waals surface area contributed by atoms with Gasteiger partial charge in [-0.05, 0) is 43.2 Å². The molecule has 1 aliphatic heterocycles. The highest BCUT2D eigenvalue weighted by Gasteiger charge is 2.29. The summed E-state index contributed by atoms with van der Waals surface area (Å²) in [5.41, 5.74) is 7.41. The summed E-state index contributed by atoms with van der Waals surface area (Å²) in [6.45, 7) is 0.715. The number of anilines is 1. The average molecular weight is 342 g/mol. The van der Waals surface area contributed by atoms with E-state index in [0.717, 1.165) is 30.7 Å². The molecule has 0 saturated carbocycles. The van der Waals surface area contributed by atoms with E-state index in [1.807, 2.05) is 11.0 Å². The Hall–Kier alpha value is -2.96. The van der Waals surface area contributed by atoms with Crippen molar-refractivity contribution in [3.8, 4) is 0 Å². The minimum atomic E-state index is -0.571. The van der Waals surface area contributed by atoms with Gasteiger partial charge in [-0.15, -0.1) is 0 Å². The molecule has 7 heteroatoms. The van der Waals surface area contributed by atoms with Gasteiger partial charge in [-0.25, -0.2) is 13.8 Å². The zero-order chi connectivity index (χ0) is 17.6. The summed E-state index contributed by atoms with van der Waals surface area (Å²) in [7, 11) is 0. The smallest absolute Gasteiger partial charge is 0.267 e. The molecule has 25 heavy (non-hydrogen) atoms. The number of benzene rings is 1. The van der Waals surface area contributed by atoms with Gasteiger partial charge in [0.15, 0.2) is 0 Å². The van der Waals surface area contributed by atoms with Crippen LogP contribution < -0.4 is 10.6 Å². The van der Waals surface area contributed by atoms with Crippen molar-refractivity contribution in [2.75, 3.05) is 11.4 Å². The lowest BCUT2D eigenvalue weighted by Crippen LogP contribution is -2.24. The Balaban J connectivity index is 1.77. The third-order valence-corrected chi connectivity index (χ3v) is 4.64. The number of hydrogen-bond acceptors (Lipinski definition) is 3. The number of halogens is 2. The fourth-order valence-electron chi connectivity index (χ4n) is 3.49. The first-order valence-corrected chi connectivity index (χ1v) is 8.03. The SMILES string of the molecule is NC(=O)c1cnc2ccc(N3CCC[C@@H]3c3cc(F)ccc3F)cn12. The Kier molecular flexibility index (Phi) is 3.63. The van der Waals surface area contributed by atoms with Crippen LogP contribution in [0, 0.1) is 11.6 Å². The monoisotopic (exact) mass is 342 g/mol. The van der Waals surface area contributed by atoms with E-state index in [9.17, 15) is 13.6 Å². The van der Waals surface area contributed by atoms with Crippen molar-refractivity contribution in [1.29, 1.82) is 0 Å². The summed E-state index contributed by atoms with van der Waals surface area (Å²) in [5, 5.41) is 0. The molecule has 4 rings (SSSR count). The van der Waals surface area contributed by atoms with Crippen LogP contribution in [0.5, 0.6) is 0 Å². The molecule has 1 aromatic carbocycles. The number of nitrogens with zero attached hydrogens (tertiary/aromatic N) is 3. The topological polar surface area (TPSA) is 63.6 Å². The van der Waals surface area contributed by atoms with Gasteiger partial charge < -0.3 is 10.6 Å². The van der Waals surface area contributed by atoms with Crippen LogP contribution in [-0.2, 0) is 0 Å². The largest absolute Gasteiger partial charge is 0.364 e. The molecule has 5 nitrogen and oxygen atoms in total. The zero-order valence-corrected chi connectivity index (χ0v) is 13.3. The van der Waals surface area contributed by atoms with Gasteiger partial charge in [-0.2, -0.15) is 0 Å². The van der Waals surface area contributed by atoms with Crippen molar-refractivity contribution in [3.63, 3.8) is 0 Å². The number of fused-ring (bicyclic) bond motifs is 1. The molecule has 0 radical (unpaired) electrons. The number of carbonyl (C=O) groups excluding carboxylic acids is 1. The van der Waals surface area contributed by atoms with E-state index in [-0.39, 0.29) is 11.7 Å².